The van der Waals surface area contributed by atoms with Gasteiger partial charge in [-0.1, -0.05) is 24.3 Å². The number of halogens is 3. The summed E-state index contributed by atoms with van der Waals surface area (Å²) in [6.07, 6.45) is -4.40. The Labute approximate surface area is 132 Å². The van der Waals surface area contributed by atoms with Crippen LogP contribution in [0.5, 0.6) is 5.75 Å². The summed E-state index contributed by atoms with van der Waals surface area (Å²) in [5.74, 6) is 0.230. The molecule has 122 valence electrons. The molecule has 0 heterocycles. The third kappa shape index (κ3) is 5.02. The molecule has 0 saturated carbocycles. The highest BCUT2D eigenvalue weighted by Crippen LogP contribution is 2.33. The van der Waals surface area contributed by atoms with Gasteiger partial charge in [-0.2, -0.15) is 13.2 Å². The second-order valence-corrected chi connectivity index (χ2v) is 4.99. The van der Waals surface area contributed by atoms with Crippen molar-refractivity contribution in [2.24, 2.45) is 0 Å². The molecule has 0 aliphatic carbocycles. The average Bonchev–Trinajstić information content (AvgIpc) is 2.49. The molecule has 0 atom stereocenters. The molecule has 0 aromatic heterocycles. The molecule has 0 unspecified atom stereocenters. The minimum Gasteiger partial charge on any atom is -0.493 e. The third-order valence-electron chi connectivity index (χ3n) is 3.17. The summed E-state index contributed by atoms with van der Waals surface area (Å²) in [4.78, 5) is 11.8. The summed E-state index contributed by atoms with van der Waals surface area (Å²) < 4.78 is 43.8. The minimum atomic E-state index is -4.44. The zero-order valence-electron chi connectivity index (χ0n) is 12.5. The minimum absolute atomic E-state index is 0.0458. The molecule has 3 nitrogen and oxygen atoms in total. The van der Waals surface area contributed by atoms with Gasteiger partial charge in [0, 0.05) is 5.69 Å². The Balaban J connectivity index is 1.90. The molecule has 0 saturated heterocycles. The molecular formula is C17H16F3NO2. The van der Waals surface area contributed by atoms with Gasteiger partial charge in [0.05, 0.1) is 18.6 Å². The number of hydrogen-bond donors (Lipinski definition) is 1. The van der Waals surface area contributed by atoms with Crippen molar-refractivity contribution < 1.29 is 22.7 Å². The van der Waals surface area contributed by atoms with E-state index in [0.717, 1.165) is 6.07 Å². The smallest absolute Gasteiger partial charge is 0.416 e. The van der Waals surface area contributed by atoms with E-state index in [4.69, 9.17) is 4.74 Å². The Morgan fingerprint density at radius 1 is 1.13 bits per heavy atom. The summed E-state index contributed by atoms with van der Waals surface area (Å²) in [6, 6.07) is 12.7. The number of rotatable bonds is 5. The molecule has 0 radical (unpaired) electrons. The Bertz CT molecular complexity index is 669. The van der Waals surface area contributed by atoms with Crippen LogP contribution in [0.4, 0.5) is 18.9 Å². The van der Waals surface area contributed by atoms with Crippen LogP contribution in [0.15, 0.2) is 48.5 Å². The van der Waals surface area contributed by atoms with Gasteiger partial charge in [-0.25, -0.2) is 0 Å². The largest absolute Gasteiger partial charge is 0.493 e. The lowest BCUT2D eigenvalue weighted by atomic mass is 10.1. The Kier molecular flexibility index (Phi) is 5.26. The molecule has 0 aliphatic rings. The number of aryl methyl sites for hydroxylation is 1. The number of amides is 1. The van der Waals surface area contributed by atoms with E-state index < -0.39 is 17.6 Å². The quantitative estimate of drug-likeness (QED) is 0.884. The van der Waals surface area contributed by atoms with E-state index in [2.05, 4.69) is 5.32 Å². The highest BCUT2D eigenvalue weighted by Gasteiger charge is 2.32. The Hall–Kier alpha value is -2.50. The van der Waals surface area contributed by atoms with E-state index in [1.54, 1.807) is 24.3 Å². The van der Waals surface area contributed by atoms with Gasteiger partial charge >= 0.3 is 6.18 Å². The first-order valence-corrected chi connectivity index (χ1v) is 7.02. The number of carbonyl (C=O) groups excluding carboxylic acids is 1. The summed E-state index contributed by atoms with van der Waals surface area (Å²) in [5, 5.41) is 2.45. The topological polar surface area (TPSA) is 38.3 Å². The van der Waals surface area contributed by atoms with Crippen molar-refractivity contribution in [1.82, 2.24) is 0 Å². The normalized spacial score (nSPS) is 11.1. The maximum absolute atomic E-state index is 12.8. The molecule has 1 N–H and O–H groups in total. The summed E-state index contributed by atoms with van der Waals surface area (Å²) >= 11 is 0. The monoisotopic (exact) mass is 323 g/mol. The lowest BCUT2D eigenvalue weighted by Gasteiger charge is -2.13. The standard InChI is InChI=1S/C17H16F3NO2/c1-12-7-8-13(11-15(12)17(18,19)20)21-16(22)9-10-23-14-5-3-2-4-6-14/h2-8,11H,9-10H2,1H3,(H,21,22). The molecule has 2 aromatic rings. The van der Waals surface area contributed by atoms with E-state index in [9.17, 15) is 18.0 Å². The van der Waals surface area contributed by atoms with Gasteiger partial charge in [-0.05, 0) is 36.8 Å². The SMILES string of the molecule is Cc1ccc(NC(=O)CCOc2ccccc2)cc1C(F)(F)F. The number of para-hydroxylation sites is 1. The maximum Gasteiger partial charge on any atom is 0.416 e. The van der Waals surface area contributed by atoms with E-state index in [-0.39, 0.29) is 24.3 Å². The molecule has 0 aliphatic heterocycles. The van der Waals surface area contributed by atoms with Crippen molar-refractivity contribution in [1.29, 1.82) is 0 Å². The van der Waals surface area contributed by atoms with Gasteiger partial charge in [-0.3, -0.25) is 4.79 Å². The average molecular weight is 323 g/mol. The molecule has 0 fully saturated rings. The number of anilines is 1. The molecule has 0 bridgehead atoms. The zero-order valence-corrected chi connectivity index (χ0v) is 12.5. The van der Waals surface area contributed by atoms with Gasteiger partial charge in [0.2, 0.25) is 5.91 Å². The third-order valence-corrected chi connectivity index (χ3v) is 3.17. The second kappa shape index (κ2) is 7.17. The molecule has 6 heteroatoms. The molecule has 23 heavy (non-hydrogen) atoms. The van der Waals surface area contributed by atoms with Crippen molar-refractivity contribution in [3.63, 3.8) is 0 Å². The maximum atomic E-state index is 12.8. The van der Waals surface area contributed by atoms with Gasteiger partial charge in [0.1, 0.15) is 5.75 Å². The van der Waals surface area contributed by atoms with E-state index >= 15 is 0 Å². The van der Waals surface area contributed by atoms with E-state index in [0.29, 0.717) is 5.75 Å². The van der Waals surface area contributed by atoms with Crippen LogP contribution in [0.25, 0.3) is 0 Å². The lowest BCUT2D eigenvalue weighted by molar-refractivity contribution is -0.138. The van der Waals surface area contributed by atoms with Crippen LogP contribution in [0.1, 0.15) is 17.5 Å². The Morgan fingerprint density at radius 3 is 2.48 bits per heavy atom. The van der Waals surface area contributed by atoms with Crippen LogP contribution in [0, 0.1) is 6.92 Å². The van der Waals surface area contributed by atoms with Gasteiger partial charge < -0.3 is 10.1 Å². The summed E-state index contributed by atoms with van der Waals surface area (Å²) in [5.41, 5.74) is -0.522. The fourth-order valence-electron chi connectivity index (χ4n) is 2.01. The molecule has 2 rings (SSSR count). The number of ether oxygens (including phenoxy) is 1. The molecule has 1 amide bonds. The highest BCUT2D eigenvalue weighted by atomic mass is 19.4. The second-order valence-electron chi connectivity index (χ2n) is 4.99. The number of benzene rings is 2. The van der Waals surface area contributed by atoms with Crippen LogP contribution in [0.3, 0.4) is 0 Å². The van der Waals surface area contributed by atoms with Gasteiger partial charge in [0.25, 0.3) is 0 Å². The first-order valence-electron chi connectivity index (χ1n) is 7.02. The van der Waals surface area contributed by atoms with Gasteiger partial charge in [0.15, 0.2) is 0 Å². The predicted octanol–water partition coefficient (Wildman–Crippen LogP) is 4.42. The molecular weight excluding hydrogens is 307 g/mol. The summed E-state index contributed by atoms with van der Waals surface area (Å²) in [7, 11) is 0. The van der Waals surface area contributed by atoms with Crippen molar-refractivity contribution in [3.8, 4) is 5.75 Å². The van der Waals surface area contributed by atoms with Crippen LogP contribution in [0.2, 0.25) is 0 Å². The predicted molar refractivity (Wildman–Crippen MR) is 81.4 cm³/mol. The number of nitrogens with one attached hydrogen (secondary N) is 1. The number of alkyl halides is 3. The highest BCUT2D eigenvalue weighted by molar-refractivity contribution is 5.90. The fourth-order valence-corrected chi connectivity index (χ4v) is 2.01. The van der Waals surface area contributed by atoms with Crippen molar-refractivity contribution >= 4 is 11.6 Å². The van der Waals surface area contributed by atoms with E-state index in [1.807, 2.05) is 6.07 Å². The summed E-state index contributed by atoms with van der Waals surface area (Å²) in [6.45, 7) is 1.52. The van der Waals surface area contributed by atoms with Crippen LogP contribution in [-0.4, -0.2) is 12.5 Å². The molecule has 2 aromatic carbocycles. The number of hydrogen-bond acceptors (Lipinski definition) is 2. The van der Waals surface area contributed by atoms with Crippen molar-refractivity contribution in [2.75, 3.05) is 11.9 Å². The fraction of sp³-hybridized carbons (Fsp3) is 0.235. The van der Waals surface area contributed by atoms with Crippen LogP contribution in [-0.2, 0) is 11.0 Å². The molecule has 0 spiro atoms. The van der Waals surface area contributed by atoms with Gasteiger partial charge in [-0.15, -0.1) is 0 Å². The van der Waals surface area contributed by atoms with Crippen molar-refractivity contribution in [3.05, 3.63) is 59.7 Å². The van der Waals surface area contributed by atoms with Crippen molar-refractivity contribution in [2.45, 2.75) is 19.5 Å². The first-order chi connectivity index (χ1) is 10.9. The van der Waals surface area contributed by atoms with E-state index in [1.165, 1.54) is 19.1 Å². The Morgan fingerprint density at radius 2 is 1.83 bits per heavy atom. The van der Waals surface area contributed by atoms with Crippen LogP contribution < -0.4 is 10.1 Å². The number of carbonyl (C=O) groups is 1. The zero-order chi connectivity index (χ0) is 16.9. The first kappa shape index (κ1) is 16.9. The van der Waals surface area contributed by atoms with Crippen LogP contribution >= 0.6 is 0 Å². The lowest BCUT2D eigenvalue weighted by Crippen LogP contribution is -2.16.